The van der Waals surface area contributed by atoms with Crippen molar-refractivity contribution in [2.24, 2.45) is 16.7 Å². The van der Waals surface area contributed by atoms with Gasteiger partial charge in [0.2, 0.25) is 5.96 Å². The van der Waals surface area contributed by atoms with E-state index in [1.165, 1.54) is 12.1 Å². The number of guanidine groups is 1. The third kappa shape index (κ3) is 6.72. The summed E-state index contributed by atoms with van der Waals surface area (Å²) in [6.45, 7) is 4.87. The summed E-state index contributed by atoms with van der Waals surface area (Å²) in [4.78, 5) is -0.0666. The van der Waals surface area contributed by atoms with Crippen molar-refractivity contribution in [3.05, 3.63) is 29.8 Å². The molecule has 1 heterocycles. The van der Waals surface area contributed by atoms with E-state index >= 15 is 0 Å². The van der Waals surface area contributed by atoms with Gasteiger partial charge < -0.3 is 16.3 Å². The van der Waals surface area contributed by atoms with Gasteiger partial charge in [0, 0.05) is 13.1 Å². The van der Waals surface area contributed by atoms with Gasteiger partial charge in [-0.3, -0.25) is 9.98 Å². The first-order valence-corrected chi connectivity index (χ1v) is 7.94. The van der Waals surface area contributed by atoms with Crippen LogP contribution in [0, 0.1) is 6.92 Å². The highest BCUT2D eigenvalue weighted by Crippen LogP contribution is 2.08. The minimum Gasteiger partial charge on any atom is -0.379 e. The summed E-state index contributed by atoms with van der Waals surface area (Å²) in [6, 6.07) is 5.99. The Labute approximate surface area is 129 Å². The molecule has 0 atom stereocenters. The predicted molar refractivity (Wildman–Crippen MR) is 82.3 cm³/mol. The molecule has 124 valence electrons. The zero-order valence-electron chi connectivity index (χ0n) is 12.3. The largest absolute Gasteiger partial charge is 0.379 e. The molecular formula is C12H21N5O4S. The van der Waals surface area contributed by atoms with Crippen LogP contribution in [0.25, 0.3) is 0 Å². The molecule has 22 heavy (non-hydrogen) atoms. The first-order valence-electron chi connectivity index (χ1n) is 6.50. The molecule has 2 rings (SSSR count). The molecule has 1 aliphatic heterocycles. The molecule has 1 fully saturated rings. The van der Waals surface area contributed by atoms with Crippen molar-refractivity contribution in [2.45, 2.75) is 11.8 Å². The number of hydrogen-bond acceptors (Lipinski definition) is 6. The third-order valence-corrected chi connectivity index (χ3v) is 3.61. The van der Waals surface area contributed by atoms with Crippen molar-refractivity contribution in [2.75, 3.05) is 26.3 Å². The fraction of sp³-hybridized carbons (Fsp3) is 0.417. The SMILES string of the molecule is Cc1ccc(S(=O)(=O)O)cc1.NN=C(N)NN1CCOCC1. The number of nitrogens with two attached hydrogens (primary N) is 2. The minimum absolute atomic E-state index is 0.0666. The van der Waals surface area contributed by atoms with Gasteiger partial charge in [0.15, 0.2) is 0 Å². The monoisotopic (exact) mass is 331 g/mol. The van der Waals surface area contributed by atoms with E-state index in [1.54, 1.807) is 12.1 Å². The highest BCUT2D eigenvalue weighted by atomic mass is 32.2. The fourth-order valence-corrected chi connectivity index (χ4v) is 2.06. The highest BCUT2D eigenvalue weighted by molar-refractivity contribution is 7.85. The average Bonchev–Trinajstić information content (AvgIpc) is 2.48. The van der Waals surface area contributed by atoms with Gasteiger partial charge in [0.05, 0.1) is 18.1 Å². The molecule has 0 aliphatic carbocycles. The van der Waals surface area contributed by atoms with Crippen LogP contribution in [-0.2, 0) is 14.9 Å². The van der Waals surface area contributed by atoms with E-state index in [1.807, 2.05) is 11.9 Å². The predicted octanol–water partition coefficient (Wildman–Crippen LogP) is -0.747. The van der Waals surface area contributed by atoms with Gasteiger partial charge in [0.1, 0.15) is 0 Å². The maximum atomic E-state index is 10.5. The number of ether oxygens (including phenoxy) is 1. The number of nitrogens with one attached hydrogen (secondary N) is 1. The van der Waals surface area contributed by atoms with Crippen LogP contribution in [0.3, 0.4) is 0 Å². The lowest BCUT2D eigenvalue weighted by Gasteiger charge is -2.26. The lowest BCUT2D eigenvalue weighted by atomic mass is 10.2. The van der Waals surface area contributed by atoms with E-state index in [-0.39, 0.29) is 10.9 Å². The van der Waals surface area contributed by atoms with E-state index in [0.717, 1.165) is 18.7 Å². The zero-order chi connectivity index (χ0) is 16.6. The van der Waals surface area contributed by atoms with Gasteiger partial charge >= 0.3 is 0 Å². The first-order chi connectivity index (χ1) is 10.3. The van der Waals surface area contributed by atoms with Crippen LogP contribution in [0.4, 0.5) is 0 Å². The molecule has 0 amide bonds. The Morgan fingerprint density at radius 3 is 2.32 bits per heavy atom. The van der Waals surface area contributed by atoms with Crippen molar-refractivity contribution in [3.8, 4) is 0 Å². The third-order valence-electron chi connectivity index (χ3n) is 2.74. The molecule has 0 saturated carbocycles. The van der Waals surface area contributed by atoms with Gasteiger partial charge in [-0.15, -0.1) is 5.10 Å². The second kappa shape index (κ2) is 8.54. The average molecular weight is 331 g/mol. The van der Waals surface area contributed by atoms with Crippen LogP contribution in [0.2, 0.25) is 0 Å². The van der Waals surface area contributed by atoms with Crippen molar-refractivity contribution in [1.29, 1.82) is 0 Å². The molecule has 1 aromatic carbocycles. The number of hydrogen-bond donors (Lipinski definition) is 4. The molecule has 1 saturated heterocycles. The molecular weight excluding hydrogens is 310 g/mol. The van der Waals surface area contributed by atoms with E-state index < -0.39 is 10.1 Å². The van der Waals surface area contributed by atoms with Gasteiger partial charge in [0.25, 0.3) is 10.1 Å². The summed E-state index contributed by atoms with van der Waals surface area (Å²) in [7, 11) is -4.02. The second-order valence-corrected chi connectivity index (χ2v) is 5.94. The Morgan fingerprint density at radius 2 is 1.86 bits per heavy atom. The quantitative estimate of drug-likeness (QED) is 0.182. The molecule has 10 heteroatoms. The Bertz CT molecular complexity index is 582. The first kappa shape index (κ1) is 18.2. The van der Waals surface area contributed by atoms with Crippen LogP contribution >= 0.6 is 0 Å². The molecule has 0 radical (unpaired) electrons. The molecule has 9 nitrogen and oxygen atoms in total. The number of benzene rings is 1. The normalized spacial score (nSPS) is 16.5. The van der Waals surface area contributed by atoms with E-state index in [9.17, 15) is 8.42 Å². The standard InChI is InChI=1S/C7H8O3S.C5H13N5O/c1-6-2-4-7(5-3-6)11(8,9)10;6-5(8-7)9-10-1-3-11-4-2-10/h2-5H,1H3,(H,8,9,10);1-4,7H2,(H3,6,8,9). The molecule has 1 aromatic rings. The molecule has 0 bridgehead atoms. The molecule has 1 aliphatic rings. The highest BCUT2D eigenvalue weighted by Gasteiger charge is 2.09. The van der Waals surface area contributed by atoms with Crippen LogP contribution < -0.4 is 17.0 Å². The molecule has 0 unspecified atom stereocenters. The Morgan fingerprint density at radius 1 is 1.32 bits per heavy atom. The second-order valence-electron chi connectivity index (χ2n) is 4.51. The smallest absolute Gasteiger partial charge is 0.294 e. The van der Waals surface area contributed by atoms with E-state index in [0.29, 0.717) is 13.2 Å². The number of morpholine rings is 1. The summed E-state index contributed by atoms with van der Waals surface area (Å²) < 4.78 is 34.7. The van der Waals surface area contributed by atoms with Gasteiger partial charge in [-0.2, -0.15) is 8.42 Å². The number of rotatable bonds is 2. The van der Waals surface area contributed by atoms with Gasteiger partial charge in [-0.25, -0.2) is 5.01 Å². The van der Waals surface area contributed by atoms with Crippen LogP contribution in [0.5, 0.6) is 0 Å². The van der Waals surface area contributed by atoms with Crippen LogP contribution in [0.1, 0.15) is 5.56 Å². The van der Waals surface area contributed by atoms with Gasteiger partial charge in [-0.1, -0.05) is 17.7 Å². The van der Waals surface area contributed by atoms with Crippen molar-refractivity contribution < 1.29 is 17.7 Å². The topological polar surface area (TPSA) is 143 Å². The maximum absolute atomic E-state index is 10.5. The summed E-state index contributed by atoms with van der Waals surface area (Å²) in [6.07, 6.45) is 0. The Balaban J connectivity index is 0.000000220. The van der Waals surface area contributed by atoms with Crippen molar-refractivity contribution in [3.63, 3.8) is 0 Å². The summed E-state index contributed by atoms with van der Waals surface area (Å²) in [5.41, 5.74) is 9.12. The summed E-state index contributed by atoms with van der Waals surface area (Å²) in [5.74, 6) is 5.16. The fourth-order valence-electron chi connectivity index (χ4n) is 1.58. The number of nitrogens with zero attached hydrogens (tertiary/aromatic N) is 2. The lowest BCUT2D eigenvalue weighted by molar-refractivity contribution is 0.0246. The van der Waals surface area contributed by atoms with Gasteiger partial charge in [-0.05, 0) is 19.1 Å². The zero-order valence-corrected chi connectivity index (χ0v) is 13.1. The van der Waals surface area contributed by atoms with Crippen LogP contribution in [0.15, 0.2) is 34.3 Å². The summed E-state index contributed by atoms with van der Waals surface area (Å²) >= 11 is 0. The molecule has 0 spiro atoms. The molecule has 0 aromatic heterocycles. The number of hydrazone groups is 1. The van der Waals surface area contributed by atoms with E-state index in [4.69, 9.17) is 20.9 Å². The van der Waals surface area contributed by atoms with Crippen molar-refractivity contribution in [1.82, 2.24) is 10.4 Å². The number of aryl methyl sites for hydroxylation is 1. The Kier molecular flexibility index (Phi) is 7.05. The Hall–Kier alpha value is -1.88. The minimum atomic E-state index is -4.02. The molecule has 6 N–H and O–H groups in total. The maximum Gasteiger partial charge on any atom is 0.294 e. The van der Waals surface area contributed by atoms with E-state index in [2.05, 4.69) is 10.5 Å². The lowest BCUT2D eigenvalue weighted by Crippen LogP contribution is -2.51. The van der Waals surface area contributed by atoms with Crippen molar-refractivity contribution >= 4 is 16.1 Å². The number of hydrazine groups is 1. The summed E-state index contributed by atoms with van der Waals surface area (Å²) in [5, 5.41) is 5.20. The van der Waals surface area contributed by atoms with Crippen LogP contribution in [-0.4, -0.2) is 50.2 Å².